The molecule has 1 unspecified atom stereocenters. The van der Waals surface area contributed by atoms with Crippen LogP contribution >= 0.6 is 11.8 Å². The molecule has 1 aliphatic rings. The van der Waals surface area contributed by atoms with Gasteiger partial charge in [-0.15, -0.1) is 0 Å². The minimum Gasteiger partial charge on any atom is -0.158 e. The highest BCUT2D eigenvalue weighted by atomic mass is 32.2. The third-order valence-corrected chi connectivity index (χ3v) is 3.77. The molecule has 0 bridgehead atoms. The van der Waals surface area contributed by atoms with E-state index >= 15 is 0 Å². The van der Waals surface area contributed by atoms with E-state index in [4.69, 9.17) is 0 Å². The molecule has 0 N–H and O–H groups in total. The van der Waals surface area contributed by atoms with E-state index in [-0.39, 0.29) is 0 Å². The highest BCUT2D eigenvalue weighted by molar-refractivity contribution is 8.00. The van der Waals surface area contributed by atoms with Gasteiger partial charge in [0.15, 0.2) is 0 Å². The number of hydrogen-bond acceptors (Lipinski definition) is 1. The van der Waals surface area contributed by atoms with Crippen molar-refractivity contribution in [2.75, 3.05) is 5.75 Å². The van der Waals surface area contributed by atoms with Gasteiger partial charge in [0, 0.05) is 5.25 Å². The molecule has 1 heterocycles. The molecule has 1 fully saturated rings. The van der Waals surface area contributed by atoms with Crippen LogP contribution in [-0.4, -0.2) is 11.0 Å². The second kappa shape index (κ2) is 2.53. The second-order valence-corrected chi connectivity index (χ2v) is 5.18. The normalized spacial score (nSPS) is 29.0. The second-order valence-electron chi connectivity index (χ2n) is 3.87. The first-order valence-electron chi connectivity index (χ1n) is 3.72. The molecule has 9 heavy (non-hydrogen) atoms. The van der Waals surface area contributed by atoms with Crippen molar-refractivity contribution < 1.29 is 0 Å². The van der Waals surface area contributed by atoms with Crippen molar-refractivity contribution in [1.82, 2.24) is 0 Å². The first-order chi connectivity index (χ1) is 4.11. The van der Waals surface area contributed by atoms with Gasteiger partial charge in [-0.3, -0.25) is 0 Å². The van der Waals surface area contributed by atoms with Gasteiger partial charge in [0.1, 0.15) is 0 Å². The Bertz CT molecular complexity index is 85.2. The summed E-state index contributed by atoms with van der Waals surface area (Å²) in [6.07, 6.45) is 2.88. The lowest BCUT2D eigenvalue weighted by Crippen LogP contribution is -2.19. The van der Waals surface area contributed by atoms with Crippen molar-refractivity contribution in [2.45, 2.75) is 38.9 Å². The van der Waals surface area contributed by atoms with Crippen LogP contribution in [0.1, 0.15) is 33.6 Å². The molecule has 0 aromatic rings. The minimum atomic E-state index is 0.543. The van der Waals surface area contributed by atoms with Gasteiger partial charge in [-0.25, -0.2) is 0 Å². The van der Waals surface area contributed by atoms with Gasteiger partial charge < -0.3 is 0 Å². The van der Waals surface area contributed by atoms with Crippen molar-refractivity contribution in [1.29, 1.82) is 0 Å². The largest absolute Gasteiger partial charge is 0.158 e. The van der Waals surface area contributed by atoms with Crippen LogP contribution in [0.25, 0.3) is 0 Å². The minimum absolute atomic E-state index is 0.543. The zero-order chi connectivity index (χ0) is 6.91. The van der Waals surface area contributed by atoms with E-state index in [1.165, 1.54) is 18.6 Å². The molecule has 1 saturated heterocycles. The maximum absolute atomic E-state index is 2.34. The highest BCUT2D eigenvalue weighted by Gasteiger charge is 2.27. The van der Waals surface area contributed by atoms with Crippen molar-refractivity contribution in [3.63, 3.8) is 0 Å². The van der Waals surface area contributed by atoms with Gasteiger partial charge in [-0.1, -0.05) is 20.8 Å². The van der Waals surface area contributed by atoms with Crippen LogP contribution in [0.4, 0.5) is 0 Å². The van der Waals surface area contributed by atoms with Gasteiger partial charge in [-0.05, 0) is 24.0 Å². The third-order valence-electron chi connectivity index (χ3n) is 1.90. The first-order valence-corrected chi connectivity index (χ1v) is 4.77. The van der Waals surface area contributed by atoms with E-state index in [1.807, 2.05) is 0 Å². The molecule has 0 aromatic heterocycles. The molecular weight excluding hydrogens is 128 g/mol. The van der Waals surface area contributed by atoms with Crippen LogP contribution in [-0.2, 0) is 0 Å². The summed E-state index contributed by atoms with van der Waals surface area (Å²) in [5.41, 5.74) is 0.543. The van der Waals surface area contributed by atoms with Crippen LogP contribution in [0.2, 0.25) is 0 Å². The summed E-state index contributed by atoms with van der Waals surface area (Å²) in [7, 11) is 0. The topological polar surface area (TPSA) is 0 Å². The van der Waals surface area contributed by atoms with E-state index in [9.17, 15) is 0 Å². The molecule has 1 heteroatoms. The summed E-state index contributed by atoms with van der Waals surface area (Å²) in [5, 5.41) is 0.928. The highest BCUT2D eigenvalue weighted by Crippen LogP contribution is 2.38. The van der Waals surface area contributed by atoms with Crippen molar-refractivity contribution >= 4 is 11.8 Å². The van der Waals surface area contributed by atoms with Crippen molar-refractivity contribution in [3.8, 4) is 0 Å². The van der Waals surface area contributed by atoms with E-state index in [0.29, 0.717) is 5.41 Å². The Morgan fingerprint density at radius 1 is 1.33 bits per heavy atom. The number of thioether (sulfide) groups is 1. The Balaban J connectivity index is 2.42. The van der Waals surface area contributed by atoms with Gasteiger partial charge in [0.25, 0.3) is 0 Å². The molecule has 0 radical (unpaired) electrons. The summed E-state index contributed by atoms with van der Waals surface area (Å²) < 4.78 is 0. The first kappa shape index (κ1) is 7.46. The Kier molecular flexibility index (Phi) is 2.10. The van der Waals surface area contributed by atoms with Crippen LogP contribution in [0.5, 0.6) is 0 Å². The Labute approximate surface area is 62.4 Å². The molecule has 1 atom stereocenters. The fraction of sp³-hybridized carbons (Fsp3) is 1.00. The Hall–Kier alpha value is 0.350. The molecule has 0 spiro atoms. The van der Waals surface area contributed by atoms with Gasteiger partial charge in [0.2, 0.25) is 0 Å². The van der Waals surface area contributed by atoms with Crippen LogP contribution in [0.3, 0.4) is 0 Å². The average Bonchev–Trinajstić information content (AvgIpc) is 2.08. The lowest BCUT2D eigenvalue weighted by atomic mass is 9.89. The van der Waals surface area contributed by atoms with Crippen LogP contribution in [0.15, 0.2) is 0 Å². The van der Waals surface area contributed by atoms with Gasteiger partial charge >= 0.3 is 0 Å². The lowest BCUT2D eigenvalue weighted by Gasteiger charge is -2.25. The standard InChI is InChI=1S/C8H16S/c1-8(2,3)7-5-4-6-9-7/h7H,4-6H2,1-3H3. The molecule has 54 valence electrons. The number of rotatable bonds is 0. The van der Waals surface area contributed by atoms with E-state index in [0.717, 1.165) is 5.25 Å². The van der Waals surface area contributed by atoms with Crippen molar-refractivity contribution in [3.05, 3.63) is 0 Å². The molecule has 0 aliphatic carbocycles. The molecule has 0 nitrogen and oxygen atoms in total. The zero-order valence-corrected chi connectivity index (χ0v) is 7.42. The van der Waals surface area contributed by atoms with Crippen molar-refractivity contribution in [2.24, 2.45) is 5.41 Å². The maximum atomic E-state index is 2.34. The summed E-state index contributed by atoms with van der Waals surface area (Å²) in [6.45, 7) is 7.03. The Morgan fingerprint density at radius 2 is 2.00 bits per heavy atom. The summed E-state index contributed by atoms with van der Waals surface area (Å²) >= 11 is 2.15. The average molecular weight is 144 g/mol. The van der Waals surface area contributed by atoms with Crippen LogP contribution < -0.4 is 0 Å². The monoisotopic (exact) mass is 144 g/mol. The fourth-order valence-electron chi connectivity index (χ4n) is 1.26. The lowest BCUT2D eigenvalue weighted by molar-refractivity contribution is 0.387. The molecule has 1 aliphatic heterocycles. The summed E-state index contributed by atoms with van der Waals surface area (Å²) in [6, 6.07) is 0. The van der Waals surface area contributed by atoms with Crippen LogP contribution in [0, 0.1) is 5.41 Å². The smallest absolute Gasteiger partial charge is 0.00958 e. The number of hydrogen-bond donors (Lipinski definition) is 0. The Morgan fingerprint density at radius 3 is 2.22 bits per heavy atom. The molecule has 0 saturated carbocycles. The van der Waals surface area contributed by atoms with E-state index in [1.54, 1.807) is 0 Å². The summed E-state index contributed by atoms with van der Waals surface area (Å²) in [4.78, 5) is 0. The predicted molar refractivity (Wildman–Crippen MR) is 44.9 cm³/mol. The zero-order valence-electron chi connectivity index (χ0n) is 6.61. The van der Waals surface area contributed by atoms with Gasteiger partial charge in [-0.2, -0.15) is 11.8 Å². The molecule has 0 aromatic carbocycles. The predicted octanol–water partition coefficient (Wildman–Crippen LogP) is 2.93. The fourth-order valence-corrected chi connectivity index (χ4v) is 2.71. The molecule has 1 rings (SSSR count). The third kappa shape index (κ3) is 1.89. The maximum Gasteiger partial charge on any atom is 0.00958 e. The molecule has 0 amide bonds. The van der Waals surface area contributed by atoms with Gasteiger partial charge in [0.05, 0.1) is 0 Å². The molecular formula is C8H16S. The quantitative estimate of drug-likeness (QED) is 0.503. The summed E-state index contributed by atoms with van der Waals surface area (Å²) in [5.74, 6) is 1.39. The van der Waals surface area contributed by atoms with E-state index in [2.05, 4.69) is 32.5 Å². The van der Waals surface area contributed by atoms with E-state index < -0.39 is 0 Å². The SMILES string of the molecule is CC(C)(C)C1CCCS1.